The Morgan fingerprint density at radius 1 is 1.83 bits per heavy atom. The Morgan fingerprint density at radius 3 is 3.00 bits per heavy atom. The molecule has 12 heavy (non-hydrogen) atoms. The molecule has 0 spiro atoms. The number of hydrogen-bond acceptors (Lipinski definition) is 2. The van der Waals surface area contributed by atoms with Crippen LogP contribution in [-0.4, -0.2) is 6.04 Å². The Hall–Kier alpha value is -0.880. The largest absolute Gasteiger partial charge is 0.322 e. The van der Waals surface area contributed by atoms with Crippen molar-refractivity contribution in [3.63, 3.8) is 0 Å². The van der Waals surface area contributed by atoms with Gasteiger partial charge in [-0.25, -0.2) is 4.39 Å². The highest BCUT2D eigenvalue weighted by Gasteiger charge is 2.25. The molecule has 2 N–H and O–H groups in total. The Labute approximate surface area is 71.9 Å². The molecule has 0 radical (unpaired) electrons. The molecule has 0 aromatic carbocycles. The Bertz CT molecular complexity index is 237. The molecule has 2 nitrogen and oxygen atoms in total. The van der Waals surface area contributed by atoms with Crippen molar-refractivity contribution in [2.45, 2.75) is 32.2 Å². The first-order valence-electron chi connectivity index (χ1n) is 4.20. The summed E-state index contributed by atoms with van der Waals surface area (Å²) in [5.74, 6) is -0.505. The van der Waals surface area contributed by atoms with Crippen LogP contribution in [0.15, 0.2) is 11.4 Å². The van der Waals surface area contributed by atoms with E-state index in [-0.39, 0.29) is 11.7 Å². The summed E-state index contributed by atoms with van der Waals surface area (Å²) in [6.07, 6.45) is 2.39. The fourth-order valence-corrected chi connectivity index (χ4v) is 1.57. The van der Waals surface area contributed by atoms with Crippen LogP contribution in [-0.2, 0) is 0 Å². The van der Waals surface area contributed by atoms with Crippen LogP contribution in [0.3, 0.4) is 0 Å². The third-order valence-corrected chi connectivity index (χ3v) is 2.22. The monoisotopic (exact) mass is 168 g/mol. The van der Waals surface area contributed by atoms with Crippen LogP contribution in [0.4, 0.5) is 4.39 Å². The van der Waals surface area contributed by atoms with E-state index < -0.39 is 6.04 Å². The van der Waals surface area contributed by atoms with Gasteiger partial charge in [0.2, 0.25) is 0 Å². The van der Waals surface area contributed by atoms with Crippen LogP contribution < -0.4 is 5.73 Å². The van der Waals surface area contributed by atoms with Crippen LogP contribution in [0.25, 0.3) is 0 Å². The molecule has 0 aromatic rings. The van der Waals surface area contributed by atoms with Crippen LogP contribution >= 0.6 is 0 Å². The van der Waals surface area contributed by atoms with Gasteiger partial charge in [0.1, 0.15) is 5.83 Å². The third-order valence-electron chi connectivity index (χ3n) is 2.22. The van der Waals surface area contributed by atoms with Crippen molar-refractivity contribution in [2.24, 2.45) is 11.7 Å². The van der Waals surface area contributed by atoms with Crippen molar-refractivity contribution in [2.75, 3.05) is 0 Å². The van der Waals surface area contributed by atoms with E-state index >= 15 is 0 Å². The predicted octanol–water partition coefficient (Wildman–Crippen LogP) is 1.88. The molecule has 1 rings (SSSR count). The van der Waals surface area contributed by atoms with E-state index in [1.807, 2.05) is 0 Å². The molecule has 1 aliphatic carbocycles. The van der Waals surface area contributed by atoms with Crippen molar-refractivity contribution in [1.29, 1.82) is 5.26 Å². The number of nitrogens with two attached hydrogens (primary N) is 1. The number of hydrogen-bond donors (Lipinski definition) is 1. The van der Waals surface area contributed by atoms with Gasteiger partial charge in [0, 0.05) is 0 Å². The van der Waals surface area contributed by atoms with E-state index in [1.165, 1.54) is 0 Å². The maximum atomic E-state index is 13.3. The van der Waals surface area contributed by atoms with Gasteiger partial charge in [-0.05, 0) is 31.8 Å². The topological polar surface area (TPSA) is 49.8 Å². The maximum absolute atomic E-state index is 13.3. The van der Waals surface area contributed by atoms with Gasteiger partial charge in [-0.3, -0.25) is 0 Å². The average molecular weight is 168 g/mol. The highest BCUT2D eigenvalue weighted by Crippen LogP contribution is 2.33. The summed E-state index contributed by atoms with van der Waals surface area (Å²) in [7, 11) is 0. The summed E-state index contributed by atoms with van der Waals surface area (Å²) in [6, 6.07) is 1.54. The smallest absolute Gasteiger partial charge is 0.117 e. The zero-order valence-corrected chi connectivity index (χ0v) is 7.18. The quantitative estimate of drug-likeness (QED) is 0.649. The highest BCUT2D eigenvalue weighted by molar-refractivity contribution is 5.23. The Balaban J connectivity index is 2.86. The molecular weight excluding hydrogens is 155 g/mol. The normalized spacial score (nSPS) is 29.7. The summed E-state index contributed by atoms with van der Waals surface area (Å²) in [4.78, 5) is 0. The minimum Gasteiger partial charge on any atom is -0.322 e. The number of nitriles is 1. The molecule has 0 amide bonds. The third kappa shape index (κ3) is 1.64. The lowest BCUT2D eigenvalue weighted by Gasteiger charge is -2.08. The molecule has 0 aliphatic heterocycles. The zero-order valence-electron chi connectivity index (χ0n) is 7.18. The standard InChI is InChI=1S/C9H13FN2/c1-6(12)9(10)8-4-2-3-7(8)5-11/h6-7H,2-4,12H2,1H3/b9-8-/t6-,7-/m0/s1. The van der Waals surface area contributed by atoms with Crippen molar-refractivity contribution < 1.29 is 4.39 Å². The molecular formula is C9H13FN2. The van der Waals surface area contributed by atoms with Gasteiger partial charge in [0.25, 0.3) is 0 Å². The number of halogens is 1. The maximum Gasteiger partial charge on any atom is 0.117 e. The van der Waals surface area contributed by atoms with Crippen LogP contribution in [0, 0.1) is 17.2 Å². The van der Waals surface area contributed by atoms with Gasteiger partial charge in [-0.2, -0.15) is 5.26 Å². The second-order valence-corrected chi connectivity index (χ2v) is 3.24. The molecule has 2 atom stereocenters. The van der Waals surface area contributed by atoms with Crippen LogP contribution in [0.2, 0.25) is 0 Å². The van der Waals surface area contributed by atoms with Gasteiger partial charge in [-0.15, -0.1) is 0 Å². The van der Waals surface area contributed by atoms with Crippen molar-refractivity contribution in [1.82, 2.24) is 0 Å². The zero-order chi connectivity index (χ0) is 9.14. The molecule has 1 fully saturated rings. The fourth-order valence-electron chi connectivity index (χ4n) is 1.57. The molecule has 3 heteroatoms. The Morgan fingerprint density at radius 2 is 2.50 bits per heavy atom. The van der Waals surface area contributed by atoms with Crippen LogP contribution in [0.5, 0.6) is 0 Å². The molecule has 0 aromatic heterocycles. The van der Waals surface area contributed by atoms with Crippen molar-refractivity contribution in [3.8, 4) is 6.07 Å². The number of nitrogens with zero attached hydrogens (tertiary/aromatic N) is 1. The molecule has 0 heterocycles. The van der Waals surface area contributed by atoms with Gasteiger partial charge < -0.3 is 5.73 Å². The molecule has 0 unspecified atom stereocenters. The van der Waals surface area contributed by atoms with E-state index in [0.717, 1.165) is 12.8 Å². The van der Waals surface area contributed by atoms with E-state index in [2.05, 4.69) is 6.07 Å². The second-order valence-electron chi connectivity index (χ2n) is 3.24. The molecule has 0 bridgehead atoms. The Kier molecular flexibility index (Phi) is 2.83. The molecule has 1 aliphatic rings. The first-order chi connectivity index (χ1) is 5.66. The van der Waals surface area contributed by atoms with Crippen LogP contribution in [0.1, 0.15) is 26.2 Å². The molecule has 1 saturated carbocycles. The minimum absolute atomic E-state index is 0.226. The predicted molar refractivity (Wildman–Crippen MR) is 44.7 cm³/mol. The SMILES string of the molecule is C[C@H](N)/C(F)=C1\CCC[C@H]1C#N. The first kappa shape index (κ1) is 9.21. The average Bonchev–Trinajstić information content (AvgIpc) is 2.49. The van der Waals surface area contributed by atoms with Gasteiger partial charge in [0.15, 0.2) is 0 Å². The summed E-state index contributed by atoms with van der Waals surface area (Å²) in [5.41, 5.74) is 6.02. The van der Waals surface area contributed by atoms with Gasteiger partial charge in [0.05, 0.1) is 18.0 Å². The minimum atomic E-state index is -0.561. The van der Waals surface area contributed by atoms with E-state index in [4.69, 9.17) is 11.0 Å². The summed E-state index contributed by atoms with van der Waals surface area (Å²) < 4.78 is 13.3. The summed E-state index contributed by atoms with van der Waals surface area (Å²) >= 11 is 0. The summed E-state index contributed by atoms with van der Waals surface area (Å²) in [5, 5.41) is 8.68. The van der Waals surface area contributed by atoms with E-state index in [0.29, 0.717) is 12.0 Å². The molecule has 66 valence electrons. The lowest BCUT2D eigenvalue weighted by molar-refractivity contribution is 0.536. The molecule has 0 saturated heterocycles. The lowest BCUT2D eigenvalue weighted by atomic mass is 10.0. The van der Waals surface area contributed by atoms with E-state index in [9.17, 15) is 4.39 Å². The summed E-state index contributed by atoms with van der Waals surface area (Å²) in [6.45, 7) is 1.61. The van der Waals surface area contributed by atoms with Gasteiger partial charge >= 0.3 is 0 Å². The first-order valence-corrected chi connectivity index (χ1v) is 4.20. The second kappa shape index (κ2) is 3.68. The fraction of sp³-hybridized carbons (Fsp3) is 0.667. The number of rotatable bonds is 1. The lowest BCUT2D eigenvalue weighted by Crippen LogP contribution is -2.17. The van der Waals surface area contributed by atoms with Crippen molar-refractivity contribution in [3.05, 3.63) is 11.4 Å². The van der Waals surface area contributed by atoms with Crippen molar-refractivity contribution >= 4 is 0 Å². The number of allylic oxidation sites excluding steroid dienone is 1. The highest BCUT2D eigenvalue weighted by atomic mass is 19.1. The van der Waals surface area contributed by atoms with E-state index in [1.54, 1.807) is 6.92 Å². The van der Waals surface area contributed by atoms with Gasteiger partial charge in [-0.1, -0.05) is 0 Å².